The van der Waals surface area contributed by atoms with Crippen LogP contribution in [0.4, 0.5) is 0 Å². The average molecular weight is 451 g/mol. The van der Waals surface area contributed by atoms with Gasteiger partial charge in [-0.05, 0) is 31.2 Å². The number of rotatable bonds is 11. The van der Waals surface area contributed by atoms with Crippen LogP contribution in [0.15, 0.2) is 12.5 Å². The first-order valence-corrected chi connectivity index (χ1v) is 10.9. The zero-order valence-corrected chi connectivity index (χ0v) is 19.0. The molecule has 1 aliphatic heterocycles. The van der Waals surface area contributed by atoms with Crippen LogP contribution in [-0.2, 0) is 25.6 Å². The number of aromatic amines is 1. The summed E-state index contributed by atoms with van der Waals surface area (Å²) in [6.07, 6.45) is 4.55. The first-order valence-electron chi connectivity index (χ1n) is 10.9. The van der Waals surface area contributed by atoms with Crippen LogP contribution in [0, 0.1) is 11.8 Å². The number of nitrogens with one attached hydrogen (secondary N) is 5. The summed E-state index contributed by atoms with van der Waals surface area (Å²) in [5.41, 5.74) is 0.561. The van der Waals surface area contributed by atoms with Crippen molar-refractivity contribution < 1.29 is 24.3 Å². The lowest BCUT2D eigenvalue weighted by Crippen LogP contribution is -2.59. The summed E-state index contributed by atoms with van der Waals surface area (Å²) >= 11 is 0. The van der Waals surface area contributed by atoms with E-state index in [4.69, 9.17) is 0 Å². The van der Waals surface area contributed by atoms with Crippen molar-refractivity contribution in [1.29, 1.82) is 0 Å². The number of hydrogen-bond acceptors (Lipinski definition) is 6. The second-order valence-electron chi connectivity index (χ2n) is 8.79. The van der Waals surface area contributed by atoms with E-state index in [9.17, 15) is 24.3 Å². The number of carbonyl (C=O) groups excluding carboxylic acids is 3. The third kappa shape index (κ3) is 7.04. The highest BCUT2D eigenvalue weighted by Crippen LogP contribution is 2.10. The van der Waals surface area contributed by atoms with Crippen molar-refractivity contribution in [3.8, 4) is 0 Å². The molecule has 6 N–H and O–H groups in total. The van der Waals surface area contributed by atoms with Gasteiger partial charge in [0.1, 0.15) is 18.1 Å². The third-order valence-corrected chi connectivity index (χ3v) is 5.46. The van der Waals surface area contributed by atoms with Crippen LogP contribution >= 0.6 is 0 Å². The lowest BCUT2D eigenvalue weighted by atomic mass is 9.99. The van der Waals surface area contributed by atoms with Crippen molar-refractivity contribution in [2.24, 2.45) is 11.8 Å². The SMILES string of the molecule is CC(C)C(NC(=O)C1CCCN1)C(=O)NC(C(=O)NC(Cc1cnc[nH]1)C(=O)O)C(C)C. The molecule has 0 spiro atoms. The molecule has 178 valence electrons. The van der Waals surface area contributed by atoms with Crippen molar-refractivity contribution in [1.82, 2.24) is 31.2 Å². The quantitative estimate of drug-likeness (QED) is 0.266. The smallest absolute Gasteiger partial charge is 0.326 e. The predicted molar refractivity (Wildman–Crippen MR) is 116 cm³/mol. The highest BCUT2D eigenvalue weighted by atomic mass is 16.4. The lowest BCUT2D eigenvalue weighted by Gasteiger charge is -2.28. The second-order valence-corrected chi connectivity index (χ2v) is 8.79. The fourth-order valence-electron chi connectivity index (χ4n) is 3.55. The zero-order chi connectivity index (χ0) is 23.8. The number of H-pyrrole nitrogens is 1. The molecule has 11 heteroatoms. The first-order chi connectivity index (χ1) is 15.1. The lowest BCUT2D eigenvalue weighted by molar-refractivity contribution is -0.142. The number of carboxylic acid groups (broad SMARTS) is 1. The minimum atomic E-state index is -1.20. The van der Waals surface area contributed by atoms with Crippen LogP contribution in [0.5, 0.6) is 0 Å². The molecule has 0 saturated carbocycles. The molecule has 32 heavy (non-hydrogen) atoms. The molecule has 11 nitrogen and oxygen atoms in total. The van der Waals surface area contributed by atoms with E-state index in [1.807, 2.05) is 13.8 Å². The Bertz CT molecular complexity index is 789. The maximum absolute atomic E-state index is 13.0. The van der Waals surface area contributed by atoms with Crippen molar-refractivity contribution in [2.75, 3.05) is 6.54 Å². The third-order valence-electron chi connectivity index (χ3n) is 5.46. The molecule has 0 aliphatic carbocycles. The highest BCUT2D eigenvalue weighted by Gasteiger charge is 2.34. The van der Waals surface area contributed by atoms with Crippen LogP contribution in [0.2, 0.25) is 0 Å². The van der Waals surface area contributed by atoms with Gasteiger partial charge in [-0.15, -0.1) is 0 Å². The topological polar surface area (TPSA) is 165 Å². The standard InChI is InChI=1S/C21H34N6O5/c1-11(2)16(19(29)25-15(21(31)32)8-13-9-22-10-24-13)27-20(30)17(12(3)4)26-18(28)14-6-5-7-23-14/h9-12,14-17,23H,5-8H2,1-4H3,(H,22,24)(H,25,29)(H,26,28)(H,27,30)(H,31,32). The summed E-state index contributed by atoms with van der Waals surface area (Å²) in [6, 6.07) is -3.30. The van der Waals surface area contributed by atoms with Gasteiger partial charge in [0.05, 0.1) is 12.4 Å². The number of aromatic nitrogens is 2. The molecule has 3 amide bonds. The van der Waals surface area contributed by atoms with Gasteiger partial charge in [-0.3, -0.25) is 14.4 Å². The van der Waals surface area contributed by atoms with Gasteiger partial charge in [0, 0.05) is 18.3 Å². The molecule has 1 aromatic heterocycles. The Balaban J connectivity index is 2.05. The molecule has 0 bridgehead atoms. The number of nitrogens with zero attached hydrogens (tertiary/aromatic N) is 1. The number of aliphatic carboxylic acids is 1. The van der Waals surface area contributed by atoms with E-state index in [-0.39, 0.29) is 30.2 Å². The summed E-state index contributed by atoms with van der Waals surface area (Å²) in [5.74, 6) is -3.04. The monoisotopic (exact) mass is 450 g/mol. The fourth-order valence-corrected chi connectivity index (χ4v) is 3.55. The van der Waals surface area contributed by atoms with Crippen LogP contribution in [0.1, 0.15) is 46.2 Å². The Kier molecular flexibility index (Phi) is 9.18. The largest absolute Gasteiger partial charge is 0.480 e. The Labute approximate surface area is 187 Å². The number of carbonyl (C=O) groups is 4. The maximum atomic E-state index is 13.0. The van der Waals surface area contributed by atoms with Crippen LogP contribution in [-0.4, -0.2) is 69.5 Å². The van der Waals surface area contributed by atoms with Crippen LogP contribution < -0.4 is 21.3 Å². The molecule has 2 heterocycles. The van der Waals surface area contributed by atoms with Gasteiger partial charge in [0.25, 0.3) is 0 Å². The van der Waals surface area contributed by atoms with Gasteiger partial charge in [-0.25, -0.2) is 9.78 Å². The van der Waals surface area contributed by atoms with Crippen molar-refractivity contribution in [3.05, 3.63) is 18.2 Å². The molecule has 1 saturated heterocycles. The highest BCUT2D eigenvalue weighted by molar-refractivity contribution is 5.94. The van der Waals surface area contributed by atoms with Gasteiger partial charge >= 0.3 is 5.97 Å². The van der Waals surface area contributed by atoms with Crippen molar-refractivity contribution in [2.45, 2.75) is 71.1 Å². The molecule has 4 atom stereocenters. The summed E-state index contributed by atoms with van der Waals surface area (Å²) in [5, 5.41) is 20.6. The fraction of sp³-hybridized carbons (Fsp3) is 0.667. The molecule has 4 unspecified atom stereocenters. The van der Waals surface area contributed by atoms with Gasteiger partial charge in [0.2, 0.25) is 17.7 Å². The van der Waals surface area contributed by atoms with Crippen molar-refractivity contribution in [3.63, 3.8) is 0 Å². The number of amides is 3. The zero-order valence-electron chi connectivity index (χ0n) is 19.0. The molecule has 1 aromatic rings. The average Bonchev–Trinajstić information content (AvgIpc) is 3.42. The van der Waals surface area contributed by atoms with E-state index >= 15 is 0 Å². The molecule has 2 rings (SSSR count). The summed E-state index contributed by atoms with van der Waals surface area (Å²) in [6.45, 7) is 7.88. The van der Waals surface area contributed by atoms with Gasteiger partial charge in [-0.1, -0.05) is 27.7 Å². The summed E-state index contributed by atoms with van der Waals surface area (Å²) in [4.78, 5) is 56.6. The first kappa shape index (κ1) is 25.3. The maximum Gasteiger partial charge on any atom is 0.326 e. The van der Waals surface area contributed by atoms with Crippen molar-refractivity contribution >= 4 is 23.7 Å². The molecular formula is C21H34N6O5. The number of imidazole rings is 1. The molecular weight excluding hydrogens is 416 g/mol. The number of carboxylic acids is 1. The van der Waals surface area contributed by atoms with E-state index in [1.165, 1.54) is 12.5 Å². The second kappa shape index (κ2) is 11.6. The molecule has 0 aromatic carbocycles. The van der Waals surface area contributed by atoms with E-state index in [0.29, 0.717) is 12.1 Å². The van der Waals surface area contributed by atoms with E-state index < -0.39 is 35.9 Å². The Hall–Kier alpha value is -2.95. The Morgan fingerprint density at radius 2 is 1.69 bits per heavy atom. The summed E-state index contributed by atoms with van der Waals surface area (Å²) in [7, 11) is 0. The molecule has 0 radical (unpaired) electrons. The van der Waals surface area contributed by atoms with E-state index in [0.717, 1.165) is 13.0 Å². The summed E-state index contributed by atoms with van der Waals surface area (Å²) < 4.78 is 0. The van der Waals surface area contributed by atoms with Gasteiger partial charge < -0.3 is 31.4 Å². The molecule has 1 fully saturated rings. The molecule has 1 aliphatic rings. The van der Waals surface area contributed by atoms with Crippen LogP contribution in [0.25, 0.3) is 0 Å². The van der Waals surface area contributed by atoms with Gasteiger partial charge in [0.15, 0.2) is 0 Å². The Morgan fingerprint density at radius 1 is 1.06 bits per heavy atom. The predicted octanol–water partition coefficient (Wildman–Crippen LogP) is -0.445. The normalized spacial score (nSPS) is 18.8. The minimum Gasteiger partial charge on any atom is -0.480 e. The van der Waals surface area contributed by atoms with Gasteiger partial charge in [-0.2, -0.15) is 0 Å². The van der Waals surface area contributed by atoms with E-state index in [2.05, 4.69) is 31.2 Å². The van der Waals surface area contributed by atoms with E-state index in [1.54, 1.807) is 13.8 Å². The van der Waals surface area contributed by atoms with Crippen LogP contribution in [0.3, 0.4) is 0 Å². The Morgan fingerprint density at radius 3 is 2.19 bits per heavy atom. The minimum absolute atomic E-state index is 0.0267. The number of hydrogen-bond donors (Lipinski definition) is 6.